The summed E-state index contributed by atoms with van der Waals surface area (Å²) in [7, 11) is -6.77. The fourth-order valence-electron chi connectivity index (χ4n) is 1.74. The minimum Gasteiger partial charge on any atom is -0.744 e. The van der Waals surface area contributed by atoms with Crippen LogP contribution in [0.4, 0.5) is 0 Å². The topological polar surface area (TPSA) is 173 Å². The molecule has 2 aromatic rings. The van der Waals surface area contributed by atoms with E-state index in [1.165, 1.54) is 38.5 Å². The predicted octanol–water partition coefficient (Wildman–Crippen LogP) is 0.607. The van der Waals surface area contributed by atoms with Gasteiger partial charge in [0, 0.05) is 0 Å². The zero-order chi connectivity index (χ0) is 20.1. The zero-order valence-electron chi connectivity index (χ0n) is 14.1. The first-order chi connectivity index (χ1) is 11.9. The summed E-state index contributed by atoms with van der Waals surface area (Å²) in [6, 6.07) is 7.35. The monoisotopic (exact) mass is 470 g/mol. The van der Waals surface area contributed by atoms with Crippen molar-refractivity contribution in [1.29, 1.82) is 0 Å². The number of para-hydroxylation sites is 2. The summed E-state index contributed by atoms with van der Waals surface area (Å²) in [6.45, 7) is 0. The normalized spacial score (nSPS) is 10.8. The number of phenols is 2. The maximum atomic E-state index is 10.6. The summed E-state index contributed by atoms with van der Waals surface area (Å²) < 4.78 is 72.6. The van der Waals surface area contributed by atoms with E-state index in [4.69, 9.17) is 0 Å². The molecule has 0 atom stereocenters. The number of methoxy groups -OCH3 is 2. The molecule has 0 unspecified atom stereocenters. The Balaban J connectivity index is 0.000000483. The van der Waals surface area contributed by atoms with E-state index < -0.39 is 41.5 Å². The minimum absolute atomic E-state index is 0. The van der Waals surface area contributed by atoms with E-state index in [-0.39, 0.29) is 31.0 Å². The molecule has 0 amide bonds. The molecule has 0 bridgehead atoms. The van der Waals surface area contributed by atoms with Gasteiger partial charge in [-0.1, -0.05) is 12.1 Å². The molecule has 0 aliphatic heterocycles. The van der Waals surface area contributed by atoms with E-state index in [1.807, 2.05) is 0 Å². The van der Waals surface area contributed by atoms with Gasteiger partial charge >= 0.3 is 19.5 Å². The summed E-state index contributed by atoms with van der Waals surface area (Å²) in [5.74, 6) is -1.39. The molecule has 2 rings (SSSR count). The average Bonchev–Trinajstić information content (AvgIpc) is 2.53. The second kappa shape index (κ2) is 9.86. The van der Waals surface area contributed by atoms with Crippen molar-refractivity contribution in [3.8, 4) is 23.0 Å². The first kappa shape index (κ1) is 25.1. The summed E-state index contributed by atoms with van der Waals surface area (Å²) in [6.07, 6.45) is 0. The van der Waals surface area contributed by atoms with Crippen LogP contribution in [0.25, 0.3) is 0 Å². The van der Waals surface area contributed by atoms with Crippen molar-refractivity contribution in [2.75, 3.05) is 14.2 Å². The van der Waals surface area contributed by atoms with E-state index >= 15 is 0 Å². The van der Waals surface area contributed by atoms with Gasteiger partial charge in [-0.3, -0.25) is 0 Å². The van der Waals surface area contributed by atoms with Gasteiger partial charge in [0.05, 0.1) is 24.0 Å². The van der Waals surface area contributed by atoms with Gasteiger partial charge in [-0.25, -0.2) is 16.8 Å². The average molecular weight is 472 g/mol. The Morgan fingerprint density at radius 1 is 0.741 bits per heavy atom. The molecule has 0 fully saturated rings. The van der Waals surface area contributed by atoms with Crippen molar-refractivity contribution in [2.24, 2.45) is 0 Å². The molecule has 13 heteroatoms. The summed E-state index contributed by atoms with van der Waals surface area (Å²) in [4.78, 5) is -1.35. The molecule has 10 nitrogen and oxygen atoms in total. The van der Waals surface area contributed by atoms with Crippen LogP contribution >= 0.6 is 0 Å². The van der Waals surface area contributed by atoms with Crippen molar-refractivity contribution in [3.05, 3.63) is 36.4 Å². The van der Waals surface area contributed by atoms with Crippen molar-refractivity contribution in [2.45, 2.75) is 9.79 Å². The molecular weight excluding hydrogens is 458 g/mol. The minimum atomic E-state index is -4.65. The number of ether oxygens (including phenoxy) is 2. The smallest absolute Gasteiger partial charge is 0.744 e. The van der Waals surface area contributed by atoms with Gasteiger partial charge in [0.25, 0.3) is 0 Å². The van der Waals surface area contributed by atoms with Crippen molar-refractivity contribution in [1.82, 2.24) is 0 Å². The molecule has 2 aromatic carbocycles. The Morgan fingerprint density at radius 3 is 1.26 bits per heavy atom. The Bertz CT molecular complexity index is 905. The number of aromatic hydroxyl groups is 2. The van der Waals surface area contributed by atoms with Crippen LogP contribution in [-0.2, 0) is 39.7 Å². The number of rotatable bonds is 4. The first-order valence-corrected chi connectivity index (χ1v) is 9.38. The van der Waals surface area contributed by atoms with Gasteiger partial charge in [0.15, 0.2) is 23.0 Å². The second-order valence-corrected chi connectivity index (χ2v) is 7.22. The molecule has 0 heterocycles. The maximum Gasteiger partial charge on any atom is 2.00 e. The third-order valence-electron chi connectivity index (χ3n) is 2.90. The van der Waals surface area contributed by atoms with Crippen molar-refractivity contribution < 1.29 is 65.1 Å². The van der Waals surface area contributed by atoms with Crippen LogP contribution in [0.3, 0.4) is 0 Å². The van der Waals surface area contributed by atoms with Crippen LogP contribution in [0.5, 0.6) is 23.0 Å². The van der Waals surface area contributed by atoms with E-state index in [0.717, 1.165) is 12.1 Å². The summed E-state index contributed by atoms with van der Waals surface area (Å²) in [5.41, 5.74) is 0. The zero-order valence-corrected chi connectivity index (χ0v) is 18.7. The molecule has 0 spiro atoms. The number of benzene rings is 2. The standard InChI is InChI=1S/2C7H8O5S.Zn/c2*1-12-5-3-2-4-6(7(5)8)13(9,10)11;/h2*2-4,8H,1H3,(H,9,10,11);/q;;+2/p-2. The van der Waals surface area contributed by atoms with Gasteiger partial charge in [-0.15, -0.1) is 0 Å². The maximum absolute atomic E-state index is 10.6. The molecule has 0 aliphatic rings. The Morgan fingerprint density at radius 2 is 1.04 bits per heavy atom. The molecule has 0 radical (unpaired) electrons. The van der Waals surface area contributed by atoms with Gasteiger partial charge < -0.3 is 28.8 Å². The number of phenolic OH excluding ortho intramolecular Hbond substituents is 2. The molecule has 27 heavy (non-hydrogen) atoms. The second-order valence-electron chi connectivity index (χ2n) is 4.52. The van der Waals surface area contributed by atoms with Crippen LogP contribution in [0, 0.1) is 0 Å². The molecule has 144 valence electrons. The van der Waals surface area contributed by atoms with Crippen LogP contribution < -0.4 is 9.47 Å². The fraction of sp³-hybridized carbons (Fsp3) is 0.143. The molecule has 0 saturated carbocycles. The van der Waals surface area contributed by atoms with Gasteiger partial charge in [0.2, 0.25) is 0 Å². The van der Waals surface area contributed by atoms with Crippen molar-refractivity contribution in [3.63, 3.8) is 0 Å². The quantitative estimate of drug-likeness (QED) is 0.474. The number of hydrogen-bond acceptors (Lipinski definition) is 10. The first-order valence-electron chi connectivity index (χ1n) is 6.57. The SMILES string of the molecule is COc1cccc(S(=O)(=O)[O-])c1O.COc1cccc(S(=O)(=O)[O-])c1O.[Zn+2]. The molecule has 0 aliphatic carbocycles. The van der Waals surface area contributed by atoms with E-state index in [1.54, 1.807) is 0 Å². The van der Waals surface area contributed by atoms with Crippen LogP contribution in [-0.4, -0.2) is 50.4 Å². The van der Waals surface area contributed by atoms with E-state index in [2.05, 4.69) is 9.47 Å². The largest absolute Gasteiger partial charge is 2.00 e. The Labute approximate surface area is 168 Å². The fourth-order valence-corrected chi connectivity index (χ4v) is 2.90. The van der Waals surface area contributed by atoms with E-state index in [0.29, 0.717) is 0 Å². The Kier molecular flexibility index (Phi) is 9.16. The predicted molar refractivity (Wildman–Crippen MR) is 85.2 cm³/mol. The van der Waals surface area contributed by atoms with Crippen LogP contribution in [0.2, 0.25) is 0 Å². The Hall–Kier alpha value is -1.92. The van der Waals surface area contributed by atoms with Crippen LogP contribution in [0.1, 0.15) is 0 Å². The van der Waals surface area contributed by atoms with Gasteiger partial charge in [-0.05, 0) is 24.3 Å². The molecule has 0 saturated heterocycles. The van der Waals surface area contributed by atoms with Gasteiger partial charge in [0.1, 0.15) is 20.2 Å². The summed E-state index contributed by atoms with van der Waals surface area (Å²) >= 11 is 0. The third kappa shape index (κ3) is 6.63. The summed E-state index contributed by atoms with van der Waals surface area (Å²) in [5, 5.41) is 18.4. The molecular formula is C14H14O10S2Zn. The molecule has 2 N–H and O–H groups in total. The van der Waals surface area contributed by atoms with E-state index in [9.17, 15) is 36.2 Å². The number of hydrogen-bond donors (Lipinski definition) is 2. The van der Waals surface area contributed by atoms with Gasteiger partial charge in [-0.2, -0.15) is 0 Å². The third-order valence-corrected chi connectivity index (χ3v) is 4.64. The van der Waals surface area contributed by atoms with Crippen molar-refractivity contribution >= 4 is 20.2 Å². The van der Waals surface area contributed by atoms with Crippen LogP contribution in [0.15, 0.2) is 46.2 Å². The molecule has 0 aromatic heterocycles.